The van der Waals surface area contributed by atoms with Crippen molar-refractivity contribution in [2.75, 3.05) is 55.7 Å². The molecule has 0 amide bonds. The van der Waals surface area contributed by atoms with E-state index in [0.717, 1.165) is 55.3 Å². The van der Waals surface area contributed by atoms with E-state index in [-0.39, 0.29) is 11.4 Å². The van der Waals surface area contributed by atoms with Crippen LogP contribution in [0, 0.1) is 11.6 Å². The third-order valence-electron chi connectivity index (χ3n) is 6.52. The number of fused-ring (bicyclic) bond motifs is 1. The van der Waals surface area contributed by atoms with E-state index in [9.17, 15) is 0 Å². The topological polar surface area (TPSA) is 58.5 Å². The molecule has 4 aromatic rings. The maximum Gasteiger partial charge on any atom is 0.174 e. The van der Waals surface area contributed by atoms with E-state index in [4.69, 9.17) is 9.72 Å². The molecule has 1 aliphatic rings. The van der Waals surface area contributed by atoms with Crippen LogP contribution in [0.25, 0.3) is 27.8 Å². The van der Waals surface area contributed by atoms with E-state index in [1.807, 2.05) is 25.1 Å². The molecule has 1 N–H and O–H groups in total. The molecule has 5 rings (SSSR count). The fourth-order valence-corrected chi connectivity index (χ4v) is 5.07. The minimum Gasteiger partial charge on any atom is -0.495 e. The Morgan fingerprint density at radius 3 is 2.65 bits per heavy atom. The molecule has 10 heteroatoms. The van der Waals surface area contributed by atoms with Crippen molar-refractivity contribution in [3.8, 4) is 22.6 Å². The first-order valence-electron chi connectivity index (χ1n) is 12.3. The van der Waals surface area contributed by atoms with Gasteiger partial charge >= 0.3 is 0 Å². The van der Waals surface area contributed by atoms with Crippen LogP contribution in [0.4, 0.5) is 20.3 Å². The van der Waals surface area contributed by atoms with Crippen LogP contribution in [0.3, 0.4) is 0 Å². The summed E-state index contributed by atoms with van der Waals surface area (Å²) in [5.74, 6) is 0.927. The molecule has 0 bridgehead atoms. The minimum absolute atomic E-state index is 0.150. The summed E-state index contributed by atoms with van der Waals surface area (Å²) >= 11 is 1.39. The van der Waals surface area contributed by atoms with Crippen LogP contribution in [-0.2, 0) is 0 Å². The van der Waals surface area contributed by atoms with Gasteiger partial charge in [-0.3, -0.25) is 4.98 Å². The normalized spacial score (nSPS) is 14.4. The Morgan fingerprint density at radius 2 is 1.89 bits per heavy atom. The van der Waals surface area contributed by atoms with E-state index in [0.29, 0.717) is 16.8 Å². The average molecular weight is 525 g/mol. The summed E-state index contributed by atoms with van der Waals surface area (Å²) in [6.45, 7) is 5.65. The summed E-state index contributed by atoms with van der Waals surface area (Å²) in [5, 5.41) is 0. The smallest absolute Gasteiger partial charge is 0.174 e. The molecule has 1 saturated heterocycles. The number of piperazine rings is 1. The fourth-order valence-electron chi connectivity index (χ4n) is 4.45. The van der Waals surface area contributed by atoms with E-state index >= 15 is 8.78 Å². The number of aromatic nitrogens is 3. The van der Waals surface area contributed by atoms with Gasteiger partial charge in [-0.15, -0.1) is 0 Å². The Hall–Kier alpha value is -3.37. The van der Waals surface area contributed by atoms with Gasteiger partial charge in [0.2, 0.25) is 0 Å². The van der Waals surface area contributed by atoms with Gasteiger partial charge in [-0.05, 0) is 43.8 Å². The molecule has 3 aromatic heterocycles. The molecule has 0 spiro atoms. The Labute approximate surface area is 219 Å². The number of anilines is 2. The Bertz CT molecular complexity index is 1400. The number of benzene rings is 1. The summed E-state index contributed by atoms with van der Waals surface area (Å²) < 4.78 is 40.9. The van der Waals surface area contributed by atoms with Crippen LogP contribution in [0.2, 0.25) is 0 Å². The summed E-state index contributed by atoms with van der Waals surface area (Å²) in [7, 11) is 3.68. The monoisotopic (exact) mass is 524 g/mol. The van der Waals surface area contributed by atoms with E-state index in [1.165, 1.54) is 24.1 Å². The molecule has 7 nitrogen and oxygen atoms in total. The highest BCUT2D eigenvalue weighted by Gasteiger charge is 2.23. The molecule has 0 aliphatic carbocycles. The first kappa shape index (κ1) is 25.3. The zero-order chi connectivity index (χ0) is 25.9. The lowest BCUT2D eigenvalue weighted by atomic mass is 10.1. The second-order valence-electron chi connectivity index (χ2n) is 9.06. The summed E-state index contributed by atoms with van der Waals surface area (Å²) in [4.78, 5) is 13.8. The zero-order valence-corrected chi connectivity index (χ0v) is 22.0. The van der Waals surface area contributed by atoms with Crippen molar-refractivity contribution in [1.29, 1.82) is 0 Å². The van der Waals surface area contributed by atoms with Crippen molar-refractivity contribution >= 4 is 34.5 Å². The lowest BCUT2D eigenvalue weighted by Gasteiger charge is -2.33. The predicted octanol–water partition coefficient (Wildman–Crippen LogP) is 5.60. The van der Waals surface area contributed by atoms with Gasteiger partial charge in [0.1, 0.15) is 23.1 Å². The Balaban J connectivity index is 1.67. The Kier molecular flexibility index (Phi) is 7.48. The van der Waals surface area contributed by atoms with Crippen molar-refractivity contribution in [3.63, 3.8) is 0 Å². The Morgan fingerprint density at radius 1 is 1.08 bits per heavy atom. The van der Waals surface area contributed by atoms with Gasteiger partial charge in [-0.25, -0.2) is 13.8 Å². The number of hydrogen-bond acceptors (Lipinski definition) is 7. The van der Waals surface area contributed by atoms with Crippen LogP contribution in [0.1, 0.15) is 13.3 Å². The van der Waals surface area contributed by atoms with Crippen LogP contribution in [0.5, 0.6) is 5.75 Å². The summed E-state index contributed by atoms with van der Waals surface area (Å²) in [5.41, 5.74) is 2.80. The second-order valence-corrected chi connectivity index (χ2v) is 9.96. The zero-order valence-electron chi connectivity index (χ0n) is 21.2. The van der Waals surface area contributed by atoms with E-state index in [2.05, 4.69) is 26.6 Å². The van der Waals surface area contributed by atoms with Crippen molar-refractivity contribution < 1.29 is 13.5 Å². The minimum atomic E-state index is -0.654. The van der Waals surface area contributed by atoms with Gasteiger partial charge < -0.3 is 23.8 Å². The highest BCUT2D eigenvalue weighted by molar-refractivity contribution is 8.00. The van der Waals surface area contributed by atoms with Gasteiger partial charge in [0.05, 0.1) is 30.0 Å². The molecular formula is C27H30F2N6OS. The van der Waals surface area contributed by atoms with E-state index < -0.39 is 11.6 Å². The molecule has 1 aromatic carbocycles. The molecule has 0 radical (unpaired) electrons. The molecule has 0 unspecified atom stereocenters. The van der Waals surface area contributed by atoms with Crippen molar-refractivity contribution in [1.82, 2.24) is 19.4 Å². The number of nitrogens with zero attached hydrogens (tertiary/aromatic N) is 5. The summed E-state index contributed by atoms with van der Waals surface area (Å²) in [6, 6.07) is 8.38. The van der Waals surface area contributed by atoms with E-state index in [1.54, 1.807) is 30.3 Å². The number of ether oxygens (including phenoxy) is 1. The predicted molar refractivity (Wildman–Crippen MR) is 147 cm³/mol. The molecule has 0 saturated carbocycles. The number of pyridine rings is 2. The standard InChI is InChI=1S/C27H30F2N6OS/c1-4-13-37-32-22-6-5-21(28)27(25(22)29)35-17-20(18-14-19(36-3)16-30-15-18)26-23(35)7-8-24(31-26)34-11-9-33(2)10-12-34/h5-8,14-17,32H,4,9-13H2,1-3H3. The first-order chi connectivity index (χ1) is 18.0. The van der Waals surface area contributed by atoms with Gasteiger partial charge in [-0.2, -0.15) is 0 Å². The van der Waals surface area contributed by atoms with Crippen LogP contribution < -0.4 is 14.4 Å². The third-order valence-corrected chi connectivity index (χ3v) is 7.49. The number of rotatable bonds is 8. The molecule has 0 atom stereocenters. The molecule has 194 valence electrons. The van der Waals surface area contributed by atoms with Crippen molar-refractivity contribution in [2.24, 2.45) is 0 Å². The van der Waals surface area contributed by atoms with Crippen molar-refractivity contribution in [2.45, 2.75) is 13.3 Å². The first-order valence-corrected chi connectivity index (χ1v) is 13.3. The van der Waals surface area contributed by atoms with Crippen LogP contribution >= 0.6 is 11.9 Å². The van der Waals surface area contributed by atoms with Crippen LogP contribution in [0.15, 0.2) is 48.9 Å². The number of nitrogens with one attached hydrogen (secondary N) is 1. The highest BCUT2D eigenvalue weighted by Crippen LogP contribution is 2.36. The second kappa shape index (κ2) is 10.9. The molecule has 4 heterocycles. The molecule has 37 heavy (non-hydrogen) atoms. The molecule has 1 fully saturated rings. The fraction of sp³-hybridized carbons (Fsp3) is 0.333. The lowest BCUT2D eigenvalue weighted by molar-refractivity contribution is 0.312. The number of methoxy groups -OCH3 is 1. The lowest BCUT2D eigenvalue weighted by Crippen LogP contribution is -2.44. The maximum absolute atomic E-state index is 15.7. The summed E-state index contributed by atoms with van der Waals surface area (Å²) in [6.07, 6.45) is 5.99. The third kappa shape index (κ3) is 5.08. The number of likely N-dealkylation sites (N-methyl/N-ethyl adjacent to an activating group) is 1. The maximum atomic E-state index is 15.7. The molecule has 1 aliphatic heterocycles. The highest BCUT2D eigenvalue weighted by atomic mass is 32.2. The van der Waals surface area contributed by atoms with Gasteiger partial charge in [0.25, 0.3) is 0 Å². The quantitative estimate of drug-likeness (QED) is 0.238. The average Bonchev–Trinajstić information content (AvgIpc) is 3.29. The largest absolute Gasteiger partial charge is 0.495 e. The molecular weight excluding hydrogens is 494 g/mol. The van der Waals surface area contributed by atoms with Gasteiger partial charge in [0.15, 0.2) is 5.82 Å². The van der Waals surface area contributed by atoms with Crippen molar-refractivity contribution in [3.05, 3.63) is 60.6 Å². The van der Waals surface area contributed by atoms with Crippen LogP contribution in [-0.4, -0.2) is 65.5 Å². The number of hydrogen-bond donors (Lipinski definition) is 1. The van der Waals surface area contributed by atoms with Gasteiger partial charge in [0, 0.05) is 55.5 Å². The van der Waals surface area contributed by atoms with Gasteiger partial charge in [-0.1, -0.05) is 18.9 Å². The SMILES string of the molecule is CCCSNc1ccc(F)c(-n2cc(-c3cncc(OC)c3)c3nc(N4CCN(C)CC4)ccc32)c1F. The number of halogens is 2.